The van der Waals surface area contributed by atoms with E-state index in [0.717, 1.165) is 83.4 Å². The summed E-state index contributed by atoms with van der Waals surface area (Å²) >= 11 is 0. The highest BCUT2D eigenvalue weighted by Gasteiger charge is 2.25. The molecule has 0 saturated carbocycles. The number of para-hydroxylation sites is 1. The second kappa shape index (κ2) is 13.8. The molecule has 3 aromatic heterocycles. The van der Waals surface area contributed by atoms with E-state index in [0.29, 0.717) is 17.5 Å². The van der Waals surface area contributed by atoms with E-state index < -0.39 is 0 Å². The molecule has 0 saturated heterocycles. The van der Waals surface area contributed by atoms with Crippen LogP contribution >= 0.6 is 0 Å². The predicted molar refractivity (Wildman–Crippen MR) is 223 cm³/mol. The molecule has 0 aliphatic heterocycles. The number of rotatable bonds is 7. The van der Waals surface area contributed by atoms with Gasteiger partial charge in [0.1, 0.15) is 11.3 Å². The first-order valence-electron chi connectivity index (χ1n) is 18.3. The van der Waals surface area contributed by atoms with Gasteiger partial charge in [0.2, 0.25) is 0 Å². The minimum Gasteiger partial charge on any atom is -0.455 e. The molecular weight excluding hydrogens is 673 g/mol. The van der Waals surface area contributed by atoms with Crippen LogP contribution < -0.4 is 0 Å². The van der Waals surface area contributed by atoms with E-state index in [1.54, 1.807) is 0 Å². The van der Waals surface area contributed by atoms with Gasteiger partial charge in [0.15, 0.2) is 17.5 Å². The Balaban J connectivity index is 1.19. The quantitative estimate of drug-likeness (QED) is 0.165. The highest BCUT2D eigenvalue weighted by molar-refractivity contribution is 6.16. The van der Waals surface area contributed by atoms with Crippen LogP contribution in [-0.2, 0) is 0 Å². The van der Waals surface area contributed by atoms with E-state index in [-0.39, 0.29) is 0 Å². The number of aromatic nitrogens is 4. The van der Waals surface area contributed by atoms with Gasteiger partial charge in [-0.1, -0.05) is 176 Å². The molecule has 5 nitrogen and oxygen atoms in total. The van der Waals surface area contributed by atoms with Gasteiger partial charge in [-0.3, -0.25) is 0 Å². The number of fused-ring (bicyclic) bond motifs is 3. The Morgan fingerprint density at radius 2 is 0.782 bits per heavy atom. The Labute approximate surface area is 318 Å². The summed E-state index contributed by atoms with van der Waals surface area (Å²) in [6.45, 7) is 0. The molecule has 0 aliphatic carbocycles. The van der Waals surface area contributed by atoms with E-state index in [4.69, 9.17) is 24.4 Å². The van der Waals surface area contributed by atoms with Crippen molar-refractivity contribution in [2.75, 3.05) is 0 Å². The zero-order valence-corrected chi connectivity index (χ0v) is 29.7. The molecule has 0 N–H and O–H groups in total. The third-order valence-electron chi connectivity index (χ3n) is 9.94. The lowest BCUT2D eigenvalue weighted by Crippen LogP contribution is -2.00. The lowest BCUT2D eigenvalue weighted by atomic mass is 9.94. The molecule has 0 unspecified atom stereocenters. The Morgan fingerprint density at radius 1 is 0.327 bits per heavy atom. The van der Waals surface area contributed by atoms with Gasteiger partial charge >= 0.3 is 0 Å². The summed E-state index contributed by atoms with van der Waals surface area (Å²) in [4.78, 5) is 20.5. The van der Waals surface area contributed by atoms with E-state index in [1.807, 2.05) is 78.9 Å². The van der Waals surface area contributed by atoms with E-state index >= 15 is 0 Å². The van der Waals surface area contributed by atoms with Gasteiger partial charge in [-0.05, 0) is 34.9 Å². The second-order valence-electron chi connectivity index (χ2n) is 13.4. The molecule has 0 spiro atoms. The lowest BCUT2D eigenvalue weighted by Gasteiger charge is -2.11. The first-order chi connectivity index (χ1) is 27.3. The topological polar surface area (TPSA) is 64.7 Å². The minimum atomic E-state index is 0.582. The number of pyridine rings is 1. The van der Waals surface area contributed by atoms with E-state index in [2.05, 4.69) is 115 Å². The minimum absolute atomic E-state index is 0.582. The monoisotopic (exact) mass is 704 g/mol. The Morgan fingerprint density at radius 3 is 1.44 bits per heavy atom. The zero-order valence-electron chi connectivity index (χ0n) is 29.7. The van der Waals surface area contributed by atoms with Gasteiger partial charge in [-0.25, -0.2) is 19.9 Å². The average Bonchev–Trinajstić information content (AvgIpc) is 3.69. The first kappa shape index (κ1) is 32.2. The highest BCUT2D eigenvalue weighted by atomic mass is 16.3. The molecule has 0 aliphatic rings. The van der Waals surface area contributed by atoms with Crippen molar-refractivity contribution in [3.63, 3.8) is 0 Å². The Kier molecular flexibility index (Phi) is 8.08. The van der Waals surface area contributed by atoms with Crippen molar-refractivity contribution in [3.05, 3.63) is 194 Å². The van der Waals surface area contributed by atoms with Gasteiger partial charge in [-0.15, -0.1) is 0 Å². The molecule has 0 bridgehead atoms. The van der Waals surface area contributed by atoms with Crippen molar-refractivity contribution >= 4 is 21.9 Å². The maximum atomic E-state index is 6.97. The van der Waals surface area contributed by atoms with Crippen LogP contribution in [0.2, 0.25) is 0 Å². The maximum absolute atomic E-state index is 6.97. The molecular formula is C50H32N4O. The van der Waals surface area contributed by atoms with Crippen molar-refractivity contribution in [2.45, 2.75) is 0 Å². The van der Waals surface area contributed by atoms with Gasteiger partial charge in [0.05, 0.1) is 16.6 Å². The molecule has 10 aromatic rings. The average molecular weight is 705 g/mol. The van der Waals surface area contributed by atoms with Gasteiger partial charge < -0.3 is 4.42 Å². The maximum Gasteiger partial charge on any atom is 0.164 e. The fourth-order valence-electron chi connectivity index (χ4n) is 7.27. The summed E-state index contributed by atoms with van der Waals surface area (Å²) < 4.78 is 6.97. The highest BCUT2D eigenvalue weighted by Crippen LogP contribution is 2.47. The van der Waals surface area contributed by atoms with Crippen molar-refractivity contribution in [1.29, 1.82) is 0 Å². The molecule has 3 heterocycles. The number of nitrogens with zero attached hydrogens (tertiary/aromatic N) is 4. The van der Waals surface area contributed by atoms with Gasteiger partial charge in [0.25, 0.3) is 0 Å². The largest absolute Gasteiger partial charge is 0.455 e. The van der Waals surface area contributed by atoms with E-state index in [9.17, 15) is 0 Å². The normalized spacial score (nSPS) is 11.3. The standard InChI is InChI=1S/C50H32N4O/c1-5-16-33(17-6-1)34-28-30-38(31-29-34)49-52-48(37-22-11-4-12-23-37)53-50(54-49)40-25-15-24-39(32-40)43-44-45(35-18-7-2-8-19-35)51-42-27-14-13-26-41(42)47(44)55-46(43)36-20-9-3-10-21-36/h1-32H. The molecule has 7 aromatic carbocycles. The lowest BCUT2D eigenvalue weighted by molar-refractivity contribution is 0.636. The third kappa shape index (κ3) is 6.04. The number of benzene rings is 7. The fourth-order valence-corrected chi connectivity index (χ4v) is 7.27. The number of furan rings is 1. The van der Waals surface area contributed by atoms with Crippen LogP contribution in [0.1, 0.15) is 0 Å². The Bertz CT molecular complexity index is 2940. The molecule has 5 heteroatoms. The van der Waals surface area contributed by atoms with Crippen molar-refractivity contribution in [3.8, 4) is 79.0 Å². The zero-order chi connectivity index (χ0) is 36.6. The van der Waals surface area contributed by atoms with Gasteiger partial charge in [-0.2, -0.15) is 0 Å². The van der Waals surface area contributed by atoms with Crippen LogP contribution in [-0.4, -0.2) is 19.9 Å². The molecule has 0 atom stereocenters. The smallest absolute Gasteiger partial charge is 0.164 e. The van der Waals surface area contributed by atoms with Crippen LogP contribution in [0, 0.1) is 0 Å². The molecule has 55 heavy (non-hydrogen) atoms. The summed E-state index contributed by atoms with van der Waals surface area (Å²) in [5, 5.41) is 1.92. The predicted octanol–water partition coefficient (Wildman–Crippen LogP) is 12.8. The summed E-state index contributed by atoms with van der Waals surface area (Å²) in [5.41, 5.74) is 11.5. The van der Waals surface area contributed by atoms with Crippen LogP contribution in [0.15, 0.2) is 199 Å². The van der Waals surface area contributed by atoms with Crippen molar-refractivity contribution < 1.29 is 4.42 Å². The summed E-state index contributed by atoms with van der Waals surface area (Å²) in [6, 6.07) is 66.1. The molecule has 0 radical (unpaired) electrons. The summed E-state index contributed by atoms with van der Waals surface area (Å²) in [5.74, 6) is 2.58. The van der Waals surface area contributed by atoms with E-state index in [1.165, 1.54) is 0 Å². The SMILES string of the molecule is c1ccc(-c2ccc(-c3nc(-c4ccccc4)nc(-c4cccc(-c5c(-c6ccccc6)oc6c5c(-c5ccccc5)nc5ccccc56)c4)n3)cc2)cc1. The Hall–Kier alpha value is -7.50. The van der Waals surface area contributed by atoms with Crippen LogP contribution in [0.4, 0.5) is 0 Å². The third-order valence-corrected chi connectivity index (χ3v) is 9.94. The summed E-state index contributed by atoms with van der Waals surface area (Å²) in [7, 11) is 0. The van der Waals surface area contributed by atoms with Crippen molar-refractivity contribution in [1.82, 2.24) is 19.9 Å². The first-order valence-corrected chi connectivity index (χ1v) is 18.3. The molecule has 10 rings (SSSR count). The van der Waals surface area contributed by atoms with Crippen LogP contribution in [0.3, 0.4) is 0 Å². The molecule has 258 valence electrons. The molecule has 0 amide bonds. The van der Waals surface area contributed by atoms with Gasteiger partial charge in [0, 0.05) is 38.8 Å². The van der Waals surface area contributed by atoms with Crippen molar-refractivity contribution in [2.24, 2.45) is 0 Å². The number of hydrogen-bond acceptors (Lipinski definition) is 5. The van der Waals surface area contributed by atoms with Crippen LogP contribution in [0.5, 0.6) is 0 Å². The molecule has 0 fully saturated rings. The second-order valence-corrected chi connectivity index (χ2v) is 13.4. The number of hydrogen-bond donors (Lipinski definition) is 0. The van der Waals surface area contributed by atoms with Crippen LogP contribution in [0.25, 0.3) is 101 Å². The fraction of sp³-hybridized carbons (Fsp3) is 0. The summed E-state index contributed by atoms with van der Waals surface area (Å²) in [6.07, 6.45) is 0.